The van der Waals surface area contributed by atoms with Gasteiger partial charge < -0.3 is 26.4 Å². The molecular weight excluding hydrogens is 304 g/mol. The first-order valence-corrected chi connectivity index (χ1v) is 8.81. The lowest BCUT2D eigenvalue weighted by atomic mass is 10.2. The maximum absolute atomic E-state index is 11.3. The molecule has 0 aromatic heterocycles. The molecule has 0 aliphatic rings. The molecule has 136 valence electrons. The van der Waals surface area contributed by atoms with Crippen molar-refractivity contribution >= 4 is 11.7 Å². The maximum Gasteiger partial charge on any atom is 0.337 e. The summed E-state index contributed by atoms with van der Waals surface area (Å²) in [5, 5.41) is 10.2. The first-order chi connectivity index (χ1) is 11.8. The Balaban J connectivity index is 1.94. The summed E-state index contributed by atoms with van der Waals surface area (Å²) in [5.74, 6) is -0.305. The van der Waals surface area contributed by atoms with Gasteiger partial charge in [-0.25, -0.2) is 4.79 Å². The van der Waals surface area contributed by atoms with Gasteiger partial charge in [0.15, 0.2) is 0 Å². The third kappa shape index (κ3) is 9.50. The van der Waals surface area contributed by atoms with E-state index in [0.29, 0.717) is 5.56 Å². The Labute approximate surface area is 145 Å². The van der Waals surface area contributed by atoms with Crippen LogP contribution in [0.4, 0.5) is 5.69 Å². The first kappa shape index (κ1) is 20.4. The lowest BCUT2D eigenvalue weighted by Gasteiger charge is -2.08. The minimum atomic E-state index is -0.305. The van der Waals surface area contributed by atoms with Crippen LogP contribution >= 0.6 is 0 Å². The number of hydrogen-bond donors (Lipinski definition) is 4. The van der Waals surface area contributed by atoms with E-state index in [4.69, 9.17) is 5.73 Å². The van der Waals surface area contributed by atoms with E-state index >= 15 is 0 Å². The molecule has 0 fully saturated rings. The summed E-state index contributed by atoms with van der Waals surface area (Å²) >= 11 is 0. The Kier molecular flexibility index (Phi) is 11.7. The normalized spacial score (nSPS) is 10.6. The highest BCUT2D eigenvalue weighted by molar-refractivity contribution is 5.89. The van der Waals surface area contributed by atoms with Crippen LogP contribution in [0, 0.1) is 0 Å². The van der Waals surface area contributed by atoms with Crippen LogP contribution in [-0.4, -0.2) is 52.3 Å². The number of methoxy groups -OCH3 is 1. The molecule has 0 atom stereocenters. The van der Waals surface area contributed by atoms with Crippen molar-refractivity contribution < 1.29 is 9.53 Å². The molecule has 1 rings (SSSR count). The van der Waals surface area contributed by atoms with Gasteiger partial charge in [-0.15, -0.1) is 0 Å². The van der Waals surface area contributed by atoms with E-state index in [9.17, 15) is 4.79 Å². The van der Waals surface area contributed by atoms with Gasteiger partial charge in [-0.2, -0.15) is 0 Å². The van der Waals surface area contributed by atoms with Crippen molar-refractivity contribution in [3.63, 3.8) is 0 Å². The molecule has 24 heavy (non-hydrogen) atoms. The number of hydrogen-bond acceptors (Lipinski definition) is 6. The fraction of sp³-hybridized carbons (Fsp3) is 0.611. The van der Waals surface area contributed by atoms with E-state index < -0.39 is 0 Å². The number of nitrogens with one attached hydrogen (secondary N) is 3. The second-order valence-corrected chi connectivity index (χ2v) is 5.70. The summed E-state index contributed by atoms with van der Waals surface area (Å²) in [7, 11) is 1.39. The van der Waals surface area contributed by atoms with Crippen LogP contribution in [0.5, 0.6) is 0 Å². The van der Waals surface area contributed by atoms with Crippen molar-refractivity contribution in [2.24, 2.45) is 5.73 Å². The molecule has 0 bridgehead atoms. The topological polar surface area (TPSA) is 88.4 Å². The predicted molar refractivity (Wildman–Crippen MR) is 99.5 cm³/mol. The van der Waals surface area contributed by atoms with E-state index in [1.807, 2.05) is 12.1 Å². The SMILES string of the molecule is COC(=O)c1ccc(NCCCNCCCCNCCCN)cc1. The van der Waals surface area contributed by atoms with Gasteiger partial charge in [0.2, 0.25) is 0 Å². The predicted octanol–water partition coefficient (Wildman–Crippen LogP) is 1.58. The van der Waals surface area contributed by atoms with Crippen LogP contribution in [0.3, 0.4) is 0 Å². The number of unbranched alkanes of at least 4 members (excludes halogenated alkanes) is 1. The van der Waals surface area contributed by atoms with Crippen LogP contribution in [0.15, 0.2) is 24.3 Å². The van der Waals surface area contributed by atoms with Crippen molar-refractivity contribution in [1.82, 2.24) is 10.6 Å². The zero-order chi connectivity index (χ0) is 17.5. The van der Waals surface area contributed by atoms with Crippen LogP contribution in [-0.2, 0) is 4.74 Å². The minimum absolute atomic E-state index is 0.305. The third-order valence-corrected chi connectivity index (χ3v) is 3.68. The molecule has 6 nitrogen and oxygen atoms in total. The zero-order valence-corrected chi connectivity index (χ0v) is 14.8. The van der Waals surface area contributed by atoms with Gasteiger partial charge >= 0.3 is 5.97 Å². The summed E-state index contributed by atoms with van der Waals surface area (Å²) in [4.78, 5) is 11.3. The molecule has 0 saturated carbocycles. The third-order valence-electron chi connectivity index (χ3n) is 3.68. The number of rotatable bonds is 14. The number of carbonyl (C=O) groups is 1. The van der Waals surface area contributed by atoms with Gasteiger partial charge in [-0.1, -0.05) is 0 Å². The van der Waals surface area contributed by atoms with Crippen molar-refractivity contribution in [3.05, 3.63) is 29.8 Å². The fourth-order valence-electron chi connectivity index (χ4n) is 2.27. The van der Waals surface area contributed by atoms with E-state index in [1.54, 1.807) is 12.1 Å². The molecule has 0 radical (unpaired) electrons. The average molecular weight is 336 g/mol. The first-order valence-electron chi connectivity index (χ1n) is 8.81. The number of esters is 1. The Morgan fingerprint density at radius 2 is 1.50 bits per heavy atom. The summed E-state index contributed by atoms with van der Waals surface area (Å²) in [6.45, 7) is 5.84. The molecule has 5 N–H and O–H groups in total. The number of carbonyl (C=O) groups excluding carboxylic acids is 1. The van der Waals surface area contributed by atoms with Gasteiger partial charge in [-0.05, 0) is 82.7 Å². The number of ether oxygens (including phenoxy) is 1. The monoisotopic (exact) mass is 336 g/mol. The highest BCUT2D eigenvalue weighted by Crippen LogP contribution is 2.10. The largest absolute Gasteiger partial charge is 0.465 e. The molecular formula is C18H32N4O2. The van der Waals surface area contributed by atoms with Crippen molar-refractivity contribution in [2.45, 2.75) is 25.7 Å². The van der Waals surface area contributed by atoms with Gasteiger partial charge in [0.1, 0.15) is 0 Å². The molecule has 0 aliphatic heterocycles. The Bertz CT molecular complexity index is 437. The van der Waals surface area contributed by atoms with E-state index in [2.05, 4.69) is 20.7 Å². The Morgan fingerprint density at radius 1 is 0.917 bits per heavy atom. The lowest BCUT2D eigenvalue weighted by Crippen LogP contribution is -2.22. The molecule has 0 unspecified atom stereocenters. The lowest BCUT2D eigenvalue weighted by molar-refractivity contribution is 0.0601. The quantitative estimate of drug-likeness (QED) is 0.305. The highest BCUT2D eigenvalue weighted by Gasteiger charge is 2.03. The second-order valence-electron chi connectivity index (χ2n) is 5.70. The molecule has 0 amide bonds. The summed E-state index contributed by atoms with van der Waals surface area (Å²) in [5.41, 5.74) is 7.03. The highest BCUT2D eigenvalue weighted by atomic mass is 16.5. The van der Waals surface area contributed by atoms with Crippen molar-refractivity contribution in [1.29, 1.82) is 0 Å². The molecule has 0 spiro atoms. The van der Waals surface area contributed by atoms with Crippen LogP contribution < -0.4 is 21.7 Å². The Hall–Kier alpha value is -1.63. The standard InChI is InChI=1S/C18H32N4O2/c1-24-18(23)16-6-8-17(9-7-16)22-15-5-14-21-12-3-2-11-20-13-4-10-19/h6-9,20-22H,2-5,10-15,19H2,1H3. The van der Waals surface area contributed by atoms with Gasteiger partial charge in [0, 0.05) is 12.2 Å². The molecule has 1 aromatic carbocycles. The van der Waals surface area contributed by atoms with Crippen LogP contribution in [0.1, 0.15) is 36.0 Å². The molecule has 0 aliphatic carbocycles. The van der Waals surface area contributed by atoms with Crippen LogP contribution in [0.2, 0.25) is 0 Å². The van der Waals surface area contributed by atoms with Crippen LogP contribution in [0.25, 0.3) is 0 Å². The summed E-state index contributed by atoms with van der Waals surface area (Å²) < 4.78 is 4.68. The van der Waals surface area contributed by atoms with Crippen molar-refractivity contribution in [2.75, 3.05) is 51.7 Å². The maximum atomic E-state index is 11.3. The second kappa shape index (κ2) is 13.8. The van der Waals surface area contributed by atoms with E-state index in [0.717, 1.165) is 57.8 Å². The number of nitrogens with two attached hydrogens (primary N) is 1. The fourth-order valence-corrected chi connectivity index (χ4v) is 2.27. The molecule has 1 aromatic rings. The molecule has 0 heterocycles. The minimum Gasteiger partial charge on any atom is -0.465 e. The summed E-state index contributed by atoms with van der Waals surface area (Å²) in [6, 6.07) is 7.34. The average Bonchev–Trinajstić information content (AvgIpc) is 2.62. The molecule has 6 heteroatoms. The number of benzene rings is 1. The number of anilines is 1. The smallest absolute Gasteiger partial charge is 0.337 e. The van der Waals surface area contributed by atoms with Crippen molar-refractivity contribution in [3.8, 4) is 0 Å². The van der Waals surface area contributed by atoms with E-state index in [1.165, 1.54) is 20.0 Å². The van der Waals surface area contributed by atoms with E-state index in [-0.39, 0.29) is 5.97 Å². The van der Waals surface area contributed by atoms with Gasteiger partial charge in [-0.3, -0.25) is 0 Å². The molecule has 0 saturated heterocycles. The van der Waals surface area contributed by atoms with Gasteiger partial charge in [0.05, 0.1) is 12.7 Å². The Morgan fingerprint density at radius 3 is 2.08 bits per heavy atom. The zero-order valence-electron chi connectivity index (χ0n) is 14.8. The summed E-state index contributed by atoms with van der Waals surface area (Å²) in [6.07, 6.45) is 4.50. The van der Waals surface area contributed by atoms with Gasteiger partial charge in [0.25, 0.3) is 0 Å².